The lowest BCUT2D eigenvalue weighted by molar-refractivity contribution is 0.135. The summed E-state index contributed by atoms with van der Waals surface area (Å²) in [5, 5.41) is 0. The minimum absolute atomic E-state index is 0.639. The normalized spacial score (nSPS) is 14.7. The van der Waals surface area contributed by atoms with E-state index in [1.165, 1.54) is 244 Å². The fourth-order valence-corrected chi connectivity index (χ4v) is 7.60. The summed E-state index contributed by atoms with van der Waals surface area (Å²) in [6.07, 6.45) is 57.4. The first-order valence-corrected chi connectivity index (χ1v) is 22.0. The van der Waals surface area contributed by atoms with Crippen LogP contribution in [0.15, 0.2) is 12.4 Å². The third-order valence-corrected chi connectivity index (χ3v) is 10.8. The van der Waals surface area contributed by atoms with Crippen LogP contribution in [0.25, 0.3) is 0 Å². The molecular weight excluding hydrogens is 556 g/mol. The fraction of sp³-hybridized carbons (Fsp3) is 0.955. The number of rotatable bonds is 38. The molecule has 1 aliphatic rings. The molecule has 2 nitrogen and oxygen atoms in total. The van der Waals surface area contributed by atoms with E-state index in [0.29, 0.717) is 6.17 Å². The van der Waals surface area contributed by atoms with Crippen LogP contribution < -0.4 is 0 Å². The van der Waals surface area contributed by atoms with Gasteiger partial charge in [0.1, 0.15) is 6.17 Å². The van der Waals surface area contributed by atoms with Crippen molar-refractivity contribution >= 4 is 0 Å². The molecule has 0 N–H and O–H groups in total. The standard InChI is InChI=1S/C44H88N2/c1-4-7-10-13-16-18-20-22-23-24-25-26-28-30-32-35-38-41-46-43-42-45(40-37-34-15-12-9-6-3)44(46)39-36-33-31-29-27-21-19-17-14-11-8-5-2/h42-44H,4-41H2,1-3H3. The van der Waals surface area contributed by atoms with Gasteiger partial charge in [0.05, 0.1) is 0 Å². The number of hydrogen-bond donors (Lipinski definition) is 0. The van der Waals surface area contributed by atoms with Crippen LogP contribution in [0, 0.1) is 0 Å². The predicted octanol–water partition coefficient (Wildman–Crippen LogP) is 15.5. The van der Waals surface area contributed by atoms with Gasteiger partial charge in [-0.2, -0.15) is 0 Å². The Morgan fingerprint density at radius 3 is 0.761 bits per heavy atom. The first kappa shape index (κ1) is 43.4. The minimum atomic E-state index is 0.639. The topological polar surface area (TPSA) is 6.48 Å². The van der Waals surface area contributed by atoms with Crippen molar-refractivity contribution in [2.24, 2.45) is 0 Å². The van der Waals surface area contributed by atoms with Gasteiger partial charge in [-0.3, -0.25) is 0 Å². The van der Waals surface area contributed by atoms with E-state index < -0.39 is 0 Å². The zero-order chi connectivity index (χ0) is 33.0. The largest absolute Gasteiger partial charge is 0.356 e. The van der Waals surface area contributed by atoms with Crippen molar-refractivity contribution in [2.75, 3.05) is 13.1 Å². The molecule has 1 heterocycles. The van der Waals surface area contributed by atoms with Gasteiger partial charge in [-0.05, 0) is 25.7 Å². The van der Waals surface area contributed by atoms with Crippen LogP contribution in [0.2, 0.25) is 0 Å². The molecule has 0 aromatic rings. The molecule has 46 heavy (non-hydrogen) atoms. The summed E-state index contributed by atoms with van der Waals surface area (Å²) in [5.74, 6) is 0. The Morgan fingerprint density at radius 2 is 0.500 bits per heavy atom. The van der Waals surface area contributed by atoms with Gasteiger partial charge >= 0.3 is 0 Å². The highest BCUT2D eigenvalue weighted by Crippen LogP contribution is 2.24. The van der Waals surface area contributed by atoms with Gasteiger partial charge in [0.2, 0.25) is 0 Å². The van der Waals surface area contributed by atoms with E-state index in [-0.39, 0.29) is 0 Å². The molecule has 2 heteroatoms. The third kappa shape index (κ3) is 27.3. The molecule has 0 spiro atoms. The van der Waals surface area contributed by atoms with E-state index in [1.807, 2.05) is 0 Å². The van der Waals surface area contributed by atoms with E-state index in [2.05, 4.69) is 43.0 Å². The van der Waals surface area contributed by atoms with Crippen LogP contribution in [-0.4, -0.2) is 29.1 Å². The van der Waals surface area contributed by atoms with E-state index in [1.54, 1.807) is 0 Å². The monoisotopic (exact) mass is 645 g/mol. The van der Waals surface area contributed by atoms with Gasteiger partial charge in [-0.25, -0.2) is 0 Å². The van der Waals surface area contributed by atoms with Crippen LogP contribution in [-0.2, 0) is 0 Å². The van der Waals surface area contributed by atoms with E-state index in [0.717, 1.165) is 0 Å². The Morgan fingerprint density at radius 1 is 0.283 bits per heavy atom. The first-order chi connectivity index (χ1) is 22.8. The first-order valence-electron chi connectivity index (χ1n) is 22.0. The third-order valence-electron chi connectivity index (χ3n) is 10.8. The van der Waals surface area contributed by atoms with Gasteiger partial charge in [0.15, 0.2) is 0 Å². The molecule has 0 radical (unpaired) electrons. The second-order valence-electron chi connectivity index (χ2n) is 15.4. The Bertz CT molecular complexity index is 601. The maximum absolute atomic E-state index is 2.72. The quantitative estimate of drug-likeness (QED) is 0.0617. The maximum atomic E-state index is 2.72. The van der Waals surface area contributed by atoms with Crippen LogP contribution in [0.5, 0.6) is 0 Å². The summed E-state index contributed by atoms with van der Waals surface area (Å²) >= 11 is 0. The molecule has 1 aliphatic heterocycles. The highest BCUT2D eigenvalue weighted by molar-refractivity contribution is 4.97. The van der Waals surface area contributed by atoms with Crippen molar-refractivity contribution in [3.05, 3.63) is 12.4 Å². The molecule has 1 unspecified atom stereocenters. The molecule has 0 saturated carbocycles. The lowest BCUT2D eigenvalue weighted by Crippen LogP contribution is -2.39. The SMILES string of the molecule is CCCCCCCCCCCCCCCCCCCN1C=CN(CCCCCCCC)C1CCCCCCCCCCCCCC. The zero-order valence-corrected chi connectivity index (χ0v) is 32.5. The van der Waals surface area contributed by atoms with Crippen LogP contribution in [0.4, 0.5) is 0 Å². The molecule has 274 valence electrons. The van der Waals surface area contributed by atoms with Crippen molar-refractivity contribution < 1.29 is 0 Å². The van der Waals surface area contributed by atoms with Crippen LogP contribution in [0.1, 0.15) is 252 Å². The molecule has 0 fully saturated rings. The van der Waals surface area contributed by atoms with E-state index in [9.17, 15) is 0 Å². The van der Waals surface area contributed by atoms with Crippen LogP contribution in [0.3, 0.4) is 0 Å². The minimum Gasteiger partial charge on any atom is -0.356 e. The average molecular weight is 645 g/mol. The Hall–Kier alpha value is -0.660. The van der Waals surface area contributed by atoms with Crippen LogP contribution >= 0.6 is 0 Å². The Kier molecular flexibility index (Phi) is 33.6. The summed E-state index contributed by atoms with van der Waals surface area (Å²) in [6.45, 7) is 9.49. The lowest BCUT2D eigenvalue weighted by atomic mass is 10.0. The van der Waals surface area contributed by atoms with Gasteiger partial charge in [-0.15, -0.1) is 0 Å². The zero-order valence-electron chi connectivity index (χ0n) is 32.5. The second kappa shape index (κ2) is 35.6. The molecule has 0 aromatic heterocycles. The van der Waals surface area contributed by atoms with Crippen molar-refractivity contribution in [1.29, 1.82) is 0 Å². The summed E-state index contributed by atoms with van der Waals surface area (Å²) in [6, 6.07) is 0. The fourth-order valence-electron chi connectivity index (χ4n) is 7.60. The summed E-state index contributed by atoms with van der Waals surface area (Å²) in [5.41, 5.74) is 0. The van der Waals surface area contributed by atoms with Crippen molar-refractivity contribution in [2.45, 2.75) is 258 Å². The van der Waals surface area contributed by atoms with Crippen molar-refractivity contribution in [1.82, 2.24) is 9.80 Å². The molecule has 0 aromatic carbocycles. The second-order valence-corrected chi connectivity index (χ2v) is 15.4. The Labute approximate surface area is 292 Å². The summed E-state index contributed by atoms with van der Waals surface area (Å²) in [7, 11) is 0. The number of unbranched alkanes of at least 4 members (excludes halogenated alkanes) is 32. The highest BCUT2D eigenvalue weighted by Gasteiger charge is 2.24. The molecule has 0 saturated heterocycles. The molecular formula is C44H88N2. The lowest BCUT2D eigenvalue weighted by Gasteiger charge is -2.33. The Balaban J connectivity index is 2.12. The van der Waals surface area contributed by atoms with Crippen molar-refractivity contribution in [3.8, 4) is 0 Å². The van der Waals surface area contributed by atoms with Gasteiger partial charge in [0, 0.05) is 25.5 Å². The maximum Gasteiger partial charge on any atom is 0.101 e. The van der Waals surface area contributed by atoms with E-state index in [4.69, 9.17) is 0 Å². The number of nitrogens with zero attached hydrogens (tertiary/aromatic N) is 2. The summed E-state index contributed by atoms with van der Waals surface area (Å²) in [4.78, 5) is 5.44. The molecule has 1 atom stereocenters. The summed E-state index contributed by atoms with van der Waals surface area (Å²) < 4.78 is 0. The average Bonchev–Trinajstić information content (AvgIpc) is 3.45. The molecule has 0 amide bonds. The molecule has 0 bridgehead atoms. The molecule has 0 aliphatic carbocycles. The predicted molar refractivity (Wildman–Crippen MR) is 210 cm³/mol. The highest BCUT2D eigenvalue weighted by atomic mass is 15.4. The number of hydrogen-bond acceptors (Lipinski definition) is 2. The van der Waals surface area contributed by atoms with Gasteiger partial charge < -0.3 is 9.80 Å². The van der Waals surface area contributed by atoms with Crippen molar-refractivity contribution in [3.63, 3.8) is 0 Å². The van der Waals surface area contributed by atoms with Gasteiger partial charge in [0.25, 0.3) is 0 Å². The van der Waals surface area contributed by atoms with Gasteiger partial charge in [-0.1, -0.05) is 226 Å². The smallest absolute Gasteiger partial charge is 0.101 e. The van der Waals surface area contributed by atoms with E-state index >= 15 is 0 Å². The molecule has 1 rings (SSSR count).